The van der Waals surface area contributed by atoms with Crippen LogP contribution in [0.1, 0.15) is 18.4 Å². The lowest BCUT2D eigenvalue weighted by molar-refractivity contribution is 0.376. The molecule has 0 atom stereocenters. The minimum absolute atomic E-state index is 0.114. The van der Waals surface area contributed by atoms with Gasteiger partial charge >= 0.3 is 0 Å². The van der Waals surface area contributed by atoms with E-state index in [-0.39, 0.29) is 11.2 Å². The molecule has 0 amide bonds. The second kappa shape index (κ2) is 3.65. The van der Waals surface area contributed by atoms with Gasteiger partial charge in [-0.2, -0.15) is 0 Å². The maximum absolute atomic E-state index is 13.6. The number of ether oxygens (including phenoxy) is 1. The van der Waals surface area contributed by atoms with E-state index in [1.54, 1.807) is 6.07 Å². The average Bonchev–Trinajstić information content (AvgIpc) is 2.97. The lowest BCUT2D eigenvalue weighted by Crippen LogP contribution is -2.20. The van der Waals surface area contributed by atoms with Crippen LogP contribution in [0.3, 0.4) is 0 Å². The van der Waals surface area contributed by atoms with Crippen molar-refractivity contribution in [2.45, 2.75) is 18.3 Å². The predicted molar refractivity (Wildman–Crippen MR) is 57.9 cm³/mol. The van der Waals surface area contributed by atoms with Crippen molar-refractivity contribution in [3.8, 4) is 5.75 Å². The van der Waals surface area contributed by atoms with Crippen LogP contribution in [-0.4, -0.2) is 13.7 Å². The molecule has 0 aliphatic heterocycles. The van der Waals surface area contributed by atoms with Gasteiger partial charge in [0.15, 0.2) is 11.6 Å². The molecule has 1 aliphatic carbocycles. The minimum Gasteiger partial charge on any atom is -0.493 e. The Kier molecular flexibility index (Phi) is 2.61. The largest absolute Gasteiger partial charge is 0.493 e. The van der Waals surface area contributed by atoms with E-state index in [4.69, 9.17) is 22.1 Å². The first kappa shape index (κ1) is 10.7. The molecule has 1 aliphatic rings. The van der Waals surface area contributed by atoms with Gasteiger partial charge in [-0.1, -0.05) is 11.6 Å². The Labute approximate surface area is 93.2 Å². The maximum Gasteiger partial charge on any atom is 0.166 e. The van der Waals surface area contributed by atoms with Gasteiger partial charge in [0.05, 0.1) is 7.11 Å². The summed E-state index contributed by atoms with van der Waals surface area (Å²) in [7, 11) is 1.46. The Bertz CT molecular complexity index is 390. The fourth-order valence-corrected chi connectivity index (χ4v) is 2.10. The van der Waals surface area contributed by atoms with Gasteiger partial charge in [0.2, 0.25) is 0 Å². The van der Waals surface area contributed by atoms with E-state index in [2.05, 4.69) is 0 Å². The Morgan fingerprint density at radius 3 is 2.67 bits per heavy atom. The van der Waals surface area contributed by atoms with Crippen LogP contribution in [0.25, 0.3) is 0 Å². The smallest absolute Gasteiger partial charge is 0.166 e. The summed E-state index contributed by atoms with van der Waals surface area (Å²) in [5, 5.41) is 0.392. The molecule has 0 radical (unpaired) electrons. The van der Waals surface area contributed by atoms with E-state index in [1.165, 1.54) is 13.2 Å². The van der Waals surface area contributed by atoms with Gasteiger partial charge in [-0.3, -0.25) is 0 Å². The third kappa shape index (κ3) is 1.70. The summed E-state index contributed by atoms with van der Waals surface area (Å²) in [5.41, 5.74) is 6.39. The van der Waals surface area contributed by atoms with Crippen LogP contribution >= 0.6 is 11.6 Å². The van der Waals surface area contributed by atoms with E-state index in [1.807, 2.05) is 0 Å². The molecule has 1 saturated carbocycles. The molecule has 2 nitrogen and oxygen atoms in total. The first-order valence-electron chi connectivity index (χ1n) is 4.86. The van der Waals surface area contributed by atoms with E-state index in [0.717, 1.165) is 18.4 Å². The summed E-state index contributed by atoms with van der Waals surface area (Å²) in [5.74, 6) is -0.137. The zero-order valence-corrected chi connectivity index (χ0v) is 9.27. The highest BCUT2D eigenvalue weighted by molar-refractivity contribution is 6.30. The van der Waals surface area contributed by atoms with Gasteiger partial charge in [-0.05, 0) is 25.0 Å². The number of nitrogens with two attached hydrogens (primary N) is 1. The molecular formula is C11H13ClFNO. The quantitative estimate of drug-likeness (QED) is 0.864. The molecule has 15 heavy (non-hydrogen) atoms. The van der Waals surface area contributed by atoms with Gasteiger partial charge in [0.1, 0.15) is 0 Å². The Balaban J connectivity index is 2.54. The first-order chi connectivity index (χ1) is 7.13. The second-order valence-electron chi connectivity index (χ2n) is 3.95. The molecule has 1 aromatic carbocycles. The summed E-state index contributed by atoms with van der Waals surface area (Å²) >= 11 is 5.83. The summed E-state index contributed by atoms with van der Waals surface area (Å²) in [4.78, 5) is 0. The van der Waals surface area contributed by atoms with E-state index in [0.29, 0.717) is 11.6 Å². The van der Waals surface area contributed by atoms with E-state index in [9.17, 15) is 4.39 Å². The highest BCUT2D eigenvalue weighted by Gasteiger charge is 2.45. The van der Waals surface area contributed by atoms with Gasteiger partial charge in [0, 0.05) is 22.5 Å². The monoisotopic (exact) mass is 229 g/mol. The van der Waals surface area contributed by atoms with E-state index >= 15 is 0 Å². The predicted octanol–water partition coefficient (Wildman–Crippen LogP) is 2.48. The summed E-state index contributed by atoms with van der Waals surface area (Å²) < 4.78 is 18.6. The van der Waals surface area contributed by atoms with Gasteiger partial charge < -0.3 is 10.5 Å². The lowest BCUT2D eigenvalue weighted by Gasteiger charge is -2.17. The highest BCUT2D eigenvalue weighted by atomic mass is 35.5. The average molecular weight is 230 g/mol. The van der Waals surface area contributed by atoms with Crippen LogP contribution in [0.5, 0.6) is 5.75 Å². The standard InChI is InChI=1S/C11H13ClFNO/c1-15-10-8(11(6-14)2-3-11)4-7(12)5-9(10)13/h4-5H,2-3,6,14H2,1H3. The van der Waals surface area contributed by atoms with Gasteiger partial charge in [-0.15, -0.1) is 0 Å². The van der Waals surface area contributed by atoms with Crippen molar-refractivity contribution in [2.24, 2.45) is 5.73 Å². The fourth-order valence-electron chi connectivity index (χ4n) is 1.90. The molecule has 0 unspecified atom stereocenters. The number of hydrogen-bond donors (Lipinski definition) is 1. The topological polar surface area (TPSA) is 35.2 Å². The van der Waals surface area contributed by atoms with Gasteiger partial charge in [-0.25, -0.2) is 4.39 Å². The molecule has 1 fully saturated rings. The number of halogens is 2. The summed E-state index contributed by atoms with van der Waals surface area (Å²) in [6, 6.07) is 3.01. The van der Waals surface area contributed by atoms with Crippen LogP contribution < -0.4 is 10.5 Å². The van der Waals surface area contributed by atoms with Crippen LogP contribution in [0.4, 0.5) is 4.39 Å². The van der Waals surface area contributed by atoms with E-state index < -0.39 is 5.82 Å². The van der Waals surface area contributed by atoms with Crippen molar-refractivity contribution in [3.63, 3.8) is 0 Å². The van der Waals surface area contributed by atoms with Crippen LogP contribution in [0.2, 0.25) is 5.02 Å². The highest BCUT2D eigenvalue weighted by Crippen LogP contribution is 2.51. The second-order valence-corrected chi connectivity index (χ2v) is 4.39. The van der Waals surface area contributed by atoms with Crippen molar-refractivity contribution in [1.82, 2.24) is 0 Å². The van der Waals surface area contributed by atoms with Gasteiger partial charge in [0.25, 0.3) is 0 Å². The number of hydrogen-bond acceptors (Lipinski definition) is 2. The molecule has 1 aromatic rings. The van der Waals surface area contributed by atoms with Crippen molar-refractivity contribution in [1.29, 1.82) is 0 Å². The zero-order valence-electron chi connectivity index (χ0n) is 8.52. The van der Waals surface area contributed by atoms with Crippen molar-refractivity contribution >= 4 is 11.6 Å². The molecule has 2 N–H and O–H groups in total. The molecule has 82 valence electrons. The van der Waals surface area contributed by atoms with Crippen molar-refractivity contribution in [2.75, 3.05) is 13.7 Å². The molecule has 0 bridgehead atoms. The molecule has 2 rings (SSSR count). The lowest BCUT2D eigenvalue weighted by atomic mass is 9.95. The first-order valence-corrected chi connectivity index (χ1v) is 5.24. The molecule has 4 heteroatoms. The normalized spacial score (nSPS) is 17.6. The molecule has 0 aromatic heterocycles. The molecule has 0 heterocycles. The summed E-state index contributed by atoms with van der Waals surface area (Å²) in [6.07, 6.45) is 1.94. The fraction of sp³-hybridized carbons (Fsp3) is 0.455. The molecular weight excluding hydrogens is 217 g/mol. The minimum atomic E-state index is -0.417. The number of rotatable bonds is 3. The molecule has 0 saturated heterocycles. The van der Waals surface area contributed by atoms with Crippen LogP contribution in [0.15, 0.2) is 12.1 Å². The molecule has 0 spiro atoms. The number of benzene rings is 1. The summed E-state index contributed by atoms with van der Waals surface area (Å²) in [6.45, 7) is 0.503. The Morgan fingerprint density at radius 2 is 2.20 bits per heavy atom. The third-order valence-electron chi connectivity index (χ3n) is 3.03. The zero-order chi connectivity index (χ0) is 11.1. The third-order valence-corrected chi connectivity index (χ3v) is 3.25. The Morgan fingerprint density at radius 1 is 1.53 bits per heavy atom. The SMILES string of the molecule is COc1c(F)cc(Cl)cc1C1(CN)CC1. The van der Waals surface area contributed by atoms with Crippen molar-refractivity contribution in [3.05, 3.63) is 28.5 Å². The Hall–Kier alpha value is -0.800. The van der Waals surface area contributed by atoms with Crippen molar-refractivity contribution < 1.29 is 9.13 Å². The van der Waals surface area contributed by atoms with Crippen LogP contribution in [-0.2, 0) is 5.41 Å². The maximum atomic E-state index is 13.6. The number of methoxy groups -OCH3 is 1. The van der Waals surface area contributed by atoms with Crippen LogP contribution in [0, 0.1) is 5.82 Å².